The van der Waals surface area contributed by atoms with Crippen LogP contribution in [0.15, 0.2) is 48.5 Å². The first-order valence-electron chi connectivity index (χ1n) is 7.18. The van der Waals surface area contributed by atoms with E-state index in [9.17, 15) is 4.79 Å². The standard InChI is InChI=1S/C18H18O2/c1-2-14-11-12-17(19)16-10-6-9-15(18(16)20-14)13-7-4-3-5-8-13/h3-10,14H,2,11-12H2,1H3. The van der Waals surface area contributed by atoms with Crippen LogP contribution in [0.5, 0.6) is 5.75 Å². The van der Waals surface area contributed by atoms with E-state index in [1.807, 2.05) is 36.4 Å². The summed E-state index contributed by atoms with van der Waals surface area (Å²) in [6.07, 6.45) is 2.43. The Bertz CT molecular complexity index is 617. The maximum Gasteiger partial charge on any atom is 0.166 e. The Morgan fingerprint density at radius 3 is 2.55 bits per heavy atom. The number of Topliss-reactive ketones (excluding diaryl/α,β-unsaturated/α-hetero) is 1. The molecule has 0 N–H and O–H groups in total. The summed E-state index contributed by atoms with van der Waals surface area (Å²) < 4.78 is 6.14. The molecule has 1 aliphatic heterocycles. The lowest BCUT2D eigenvalue weighted by atomic mass is 9.98. The molecule has 0 aromatic heterocycles. The number of benzene rings is 2. The molecule has 0 bridgehead atoms. The molecule has 1 aliphatic rings. The molecule has 2 aromatic rings. The zero-order valence-corrected chi connectivity index (χ0v) is 11.6. The van der Waals surface area contributed by atoms with Gasteiger partial charge in [0.15, 0.2) is 5.78 Å². The molecule has 1 heterocycles. The van der Waals surface area contributed by atoms with Gasteiger partial charge >= 0.3 is 0 Å². The highest BCUT2D eigenvalue weighted by Gasteiger charge is 2.24. The minimum Gasteiger partial charge on any atom is -0.489 e. The maximum atomic E-state index is 12.3. The van der Waals surface area contributed by atoms with Crippen molar-refractivity contribution in [1.82, 2.24) is 0 Å². The Morgan fingerprint density at radius 1 is 1.05 bits per heavy atom. The fourth-order valence-electron chi connectivity index (χ4n) is 2.67. The molecule has 0 aliphatic carbocycles. The minimum atomic E-state index is 0.130. The van der Waals surface area contributed by atoms with E-state index in [1.165, 1.54) is 0 Å². The van der Waals surface area contributed by atoms with Crippen molar-refractivity contribution < 1.29 is 9.53 Å². The Kier molecular flexibility index (Phi) is 3.55. The molecule has 2 heteroatoms. The third-order valence-corrected chi connectivity index (χ3v) is 3.83. The van der Waals surface area contributed by atoms with Gasteiger partial charge in [0.05, 0.1) is 11.7 Å². The van der Waals surface area contributed by atoms with Crippen molar-refractivity contribution >= 4 is 5.78 Å². The summed E-state index contributed by atoms with van der Waals surface area (Å²) in [7, 11) is 0. The SMILES string of the molecule is CCC1CCC(=O)c2cccc(-c3ccccc3)c2O1. The van der Waals surface area contributed by atoms with Crippen molar-refractivity contribution in [1.29, 1.82) is 0 Å². The van der Waals surface area contributed by atoms with Crippen LogP contribution in [0.1, 0.15) is 36.5 Å². The molecule has 1 unspecified atom stereocenters. The molecule has 0 radical (unpaired) electrons. The Labute approximate surface area is 119 Å². The van der Waals surface area contributed by atoms with Gasteiger partial charge in [-0.1, -0.05) is 49.4 Å². The summed E-state index contributed by atoms with van der Waals surface area (Å²) in [4.78, 5) is 12.3. The average Bonchev–Trinajstić information content (AvgIpc) is 2.67. The quantitative estimate of drug-likeness (QED) is 0.800. The fourth-order valence-corrected chi connectivity index (χ4v) is 2.67. The highest BCUT2D eigenvalue weighted by Crippen LogP contribution is 2.37. The van der Waals surface area contributed by atoms with Crippen LogP contribution in [0.2, 0.25) is 0 Å². The normalized spacial score (nSPS) is 18.1. The molecular weight excluding hydrogens is 248 g/mol. The molecule has 0 saturated heterocycles. The number of para-hydroxylation sites is 1. The molecular formula is C18H18O2. The highest BCUT2D eigenvalue weighted by atomic mass is 16.5. The van der Waals surface area contributed by atoms with Gasteiger partial charge in [0.2, 0.25) is 0 Å². The second-order valence-corrected chi connectivity index (χ2v) is 5.16. The highest BCUT2D eigenvalue weighted by molar-refractivity contribution is 6.01. The summed E-state index contributed by atoms with van der Waals surface area (Å²) in [5.41, 5.74) is 2.83. The van der Waals surface area contributed by atoms with Crippen LogP contribution in [0.25, 0.3) is 11.1 Å². The molecule has 3 rings (SSSR count). The minimum absolute atomic E-state index is 0.130. The van der Waals surface area contributed by atoms with Gasteiger partial charge in [-0.2, -0.15) is 0 Å². The number of hydrogen-bond donors (Lipinski definition) is 0. The number of hydrogen-bond acceptors (Lipinski definition) is 2. The smallest absolute Gasteiger partial charge is 0.166 e. The van der Waals surface area contributed by atoms with Crippen LogP contribution in [0, 0.1) is 0 Å². The van der Waals surface area contributed by atoms with Gasteiger partial charge in [0.1, 0.15) is 5.75 Å². The van der Waals surface area contributed by atoms with E-state index in [0.717, 1.165) is 35.3 Å². The Balaban J connectivity index is 2.14. The predicted octanol–water partition coefficient (Wildman–Crippen LogP) is 4.49. The van der Waals surface area contributed by atoms with Gasteiger partial charge in [-0.05, 0) is 24.5 Å². The lowest BCUT2D eigenvalue weighted by molar-refractivity contribution is 0.0976. The van der Waals surface area contributed by atoms with Gasteiger partial charge in [0.25, 0.3) is 0 Å². The summed E-state index contributed by atoms with van der Waals surface area (Å²) >= 11 is 0. The van der Waals surface area contributed by atoms with Crippen LogP contribution >= 0.6 is 0 Å². The third-order valence-electron chi connectivity index (χ3n) is 3.83. The summed E-state index contributed by atoms with van der Waals surface area (Å²) in [5.74, 6) is 0.946. The summed E-state index contributed by atoms with van der Waals surface area (Å²) in [5, 5.41) is 0. The largest absolute Gasteiger partial charge is 0.489 e. The monoisotopic (exact) mass is 266 g/mol. The van der Waals surface area contributed by atoms with Crippen LogP contribution in [0.4, 0.5) is 0 Å². The van der Waals surface area contributed by atoms with E-state index < -0.39 is 0 Å². The van der Waals surface area contributed by atoms with Crippen LogP contribution < -0.4 is 4.74 Å². The number of ketones is 1. The molecule has 2 aromatic carbocycles. The zero-order valence-electron chi connectivity index (χ0n) is 11.6. The first-order chi connectivity index (χ1) is 9.79. The van der Waals surface area contributed by atoms with Gasteiger partial charge in [-0.15, -0.1) is 0 Å². The van der Waals surface area contributed by atoms with Crippen LogP contribution in [-0.4, -0.2) is 11.9 Å². The molecule has 0 amide bonds. The average molecular weight is 266 g/mol. The van der Waals surface area contributed by atoms with E-state index >= 15 is 0 Å². The molecule has 1 atom stereocenters. The fraction of sp³-hybridized carbons (Fsp3) is 0.278. The summed E-state index contributed by atoms with van der Waals surface area (Å²) in [6.45, 7) is 2.10. The van der Waals surface area contributed by atoms with Crippen molar-refractivity contribution in [2.75, 3.05) is 0 Å². The Hall–Kier alpha value is -2.09. The topological polar surface area (TPSA) is 26.3 Å². The predicted molar refractivity (Wildman–Crippen MR) is 80.1 cm³/mol. The van der Waals surface area contributed by atoms with E-state index in [2.05, 4.69) is 19.1 Å². The molecule has 102 valence electrons. The first kappa shape index (κ1) is 12.9. The third kappa shape index (κ3) is 2.34. The second kappa shape index (κ2) is 5.49. The van der Waals surface area contributed by atoms with Gasteiger partial charge < -0.3 is 4.74 Å². The lowest BCUT2D eigenvalue weighted by Gasteiger charge is -2.18. The van der Waals surface area contributed by atoms with E-state index in [4.69, 9.17) is 4.74 Å². The Morgan fingerprint density at radius 2 is 1.80 bits per heavy atom. The number of ether oxygens (including phenoxy) is 1. The zero-order chi connectivity index (χ0) is 13.9. The van der Waals surface area contributed by atoms with Gasteiger partial charge in [-0.25, -0.2) is 0 Å². The number of rotatable bonds is 2. The van der Waals surface area contributed by atoms with Gasteiger partial charge in [-0.3, -0.25) is 4.79 Å². The lowest BCUT2D eigenvalue weighted by Crippen LogP contribution is -2.14. The van der Waals surface area contributed by atoms with Crippen LogP contribution in [0.3, 0.4) is 0 Å². The van der Waals surface area contributed by atoms with Crippen molar-refractivity contribution in [2.24, 2.45) is 0 Å². The maximum absolute atomic E-state index is 12.3. The van der Waals surface area contributed by atoms with Crippen molar-refractivity contribution in [3.63, 3.8) is 0 Å². The van der Waals surface area contributed by atoms with Gasteiger partial charge in [0, 0.05) is 12.0 Å². The summed E-state index contributed by atoms with van der Waals surface area (Å²) in [6, 6.07) is 15.9. The number of fused-ring (bicyclic) bond motifs is 1. The number of carbonyl (C=O) groups is 1. The number of carbonyl (C=O) groups excluding carboxylic acids is 1. The van der Waals surface area contributed by atoms with Crippen LogP contribution in [-0.2, 0) is 0 Å². The van der Waals surface area contributed by atoms with E-state index in [1.54, 1.807) is 0 Å². The second-order valence-electron chi connectivity index (χ2n) is 5.16. The molecule has 0 saturated carbocycles. The molecule has 2 nitrogen and oxygen atoms in total. The van der Waals surface area contributed by atoms with Crippen molar-refractivity contribution in [3.8, 4) is 16.9 Å². The molecule has 0 spiro atoms. The van der Waals surface area contributed by atoms with Crippen molar-refractivity contribution in [2.45, 2.75) is 32.3 Å². The molecule has 0 fully saturated rings. The van der Waals surface area contributed by atoms with E-state index in [0.29, 0.717) is 6.42 Å². The molecule has 20 heavy (non-hydrogen) atoms. The first-order valence-corrected chi connectivity index (χ1v) is 7.18. The van der Waals surface area contributed by atoms with E-state index in [-0.39, 0.29) is 11.9 Å². The van der Waals surface area contributed by atoms with Crippen molar-refractivity contribution in [3.05, 3.63) is 54.1 Å².